The Morgan fingerprint density at radius 2 is 2.11 bits per heavy atom. The molecule has 0 aliphatic carbocycles. The summed E-state index contributed by atoms with van der Waals surface area (Å²) in [5.74, 6) is 0.217. The number of halogens is 1. The molecular weight excluding hydrogens is 282 g/mol. The van der Waals surface area contributed by atoms with Gasteiger partial charge in [0.1, 0.15) is 0 Å². The Morgan fingerprint density at radius 3 is 2.89 bits per heavy atom. The number of anilines is 1. The highest BCUT2D eigenvalue weighted by molar-refractivity contribution is 8.01. The van der Waals surface area contributed by atoms with Crippen LogP contribution in [0.5, 0.6) is 0 Å². The van der Waals surface area contributed by atoms with Crippen LogP contribution in [0.15, 0.2) is 41.6 Å². The number of rotatable bonds is 2. The summed E-state index contributed by atoms with van der Waals surface area (Å²) in [7, 11) is 0. The van der Waals surface area contributed by atoms with Crippen LogP contribution >= 0.6 is 23.4 Å². The highest BCUT2D eigenvalue weighted by atomic mass is 35.5. The Labute approximate surface area is 119 Å². The minimum atomic E-state index is -0.143. The van der Waals surface area contributed by atoms with Crippen LogP contribution in [0.25, 0.3) is 0 Å². The molecule has 2 aromatic rings. The first kappa shape index (κ1) is 12.4. The van der Waals surface area contributed by atoms with E-state index >= 15 is 0 Å². The molecule has 0 saturated heterocycles. The smallest absolute Gasteiger partial charge is 0.239 e. The fraction of sp³-hybridized carbons (Fsp3) is 0.154. The summed E-state index contributed by atoms with van der Waals surface area (Å²) < 4.78 is 0. The van der Waals surface area contributed by atoms with Crippen molar-refractivity contribution in [2.24, 2.45) is 0 Å². The third-order valence-corrected chi connectivity index (χ3v) is 4.43. The average Bonchev–Trinajstić information content (AvgIpc) is 2.85. The normalized spacial score (nSPS) is 17.0. The van der Waals surface area contributed by atoms with E-state index in [9.17, 15) is 4.79 Å². The molecule has 1 aromatic carbocycles. The topological polar surface area (TPSA) is 54.9 Å². The van der Waals surface area contributed by atoms with Crippen LogP contribution in [-0.2, 0) is 11.2 Å². The Bertz CT molecular complexity index is 610. The minimum Gasteiger partial charge on any atom is -0.307 e. The van der Waals surface area contributed by atoms with E-state index in [-0.39, 0.29) is 16.3 Å². The van der Waals surface area contributed by atoms with Crippen LogP contribution in [0, 0.1) is 0 Å². The molecule has 0 bridgehead atoms. The first-order valence-corrected chi connectivity index (χ1v) is 7.02. The largest absolute Gasteiger partial charge is 0.307 e. The van der Waals surface area contributed by atoms with Crippen LogP contribution in [0.3, 0.4) is 0 Å². The molecule has 6 heteroatoms. The second kappa shape index (κ2) is 5.19. The molecule has 19 heavy (non-hydrogen) atoms. The van der Waals surface area contributed by atoms with Crippen molar-refractivity contribution >= 4 is 35.1 Å². The maximum Gasteiger partial charge on any atom is 0.239 e. The lowest BCUT2D eigenvalue weighted by Gasteiger charge is -2.09. The Hall–Kier alpha value is -1.59. The van der Waals surface area contributed by atoms with Gasteiger partial charge in [0.25, 0.3) is 0 Å². The third-order valence-electron chi connectivity index (χ3n) is 2.83. The third kappa shape index (κ3) is 2.57. The molecule has 2 heterocycles. The van der Waals surface area contributed by atoms with E-state index in [2.05, 4.69) is 15.3 Å². The highest BCUT2D eigenvalue weighted by Gasteiger charge is 2.28. The molecule has 1 amide bonds. The predicted molar refractivity (Wildman–Crippen MR) is 75.5 cm³/mol. The molecule has 3 rings (SSSR count). The standard InChI is InChI=1S/C13H10ClN3OS/c14-11-12(16-6-5-15-11)17-13(18)10-7-8-3-1-2-4-9(8)19-10/h1-6,10H,7H2,(H,16,17,18). The summed E-state index contributed by atoms with van der Waals surface area (Å²) >= 11 is 7.44. The van der Waals surface area contributed by atoms with E-state index in [1.807, 2.05) is 24.3 Å². The molecule has 0 radical (unpaired) electrons. The molecule has 0 spiro atoms. The molecular formula is C13H10ClN3OS. The molecule has 4 nitrogen and oxygen atoms in total. The van der Waals surface area contributed by atoms with Crippen LogP contribution < -0.4 is 5.32 Å². The van der Waals surface area contributed by atoms with Crippen LogP contribution in [0.2, 0.25) is 5.15 Å². The van der Waals surface area contributed by atoms with Gasteiger partial charge in [-0.15, -0.1) is 11.8 Å². The SMILES string of the molecule is O=C(Nc1nccnc1Cl)C1Cc2ccccc2S1. The summed E-state index contributed by atoms with van der Waals surface area (Å²) in [6, 6.07) is 8.04. The molecule has 0 saturated carbocycles. The van der Waals surface area contributed by atoms with E-state index in [1.54, 1.807) is 11.8 Å². The zero-order valence-electron chi connectivity index (χ0n) is 9.84. The van der Waals surface area contributed by atoms with Crippen molar-refractivity contribution in [2.45, 2.75) is 16.6 Å². The van der Waals surface area contributed by atoms with Crippen LogP contribution in [0.1, 0.15) is 5.56 Å². The van der Waals surface area contributed by atoms with Crippen molar-refractivity contribution in [1.29, 1.82) is 0 Å². The quantitative estimate of drug-likeness (QED) is 0.924. The maximum atomic E-state index is 12.2. The number of hydrogen-bond donors (Lipinski definition) is 1. The Kier molecular flexibility index (Phi) is 3.40. The molecule has 1 aliphatic heterocycles. The van der Waals surface area contributed by atoms with Crippen molar-refractivity contribution in [1.82, 2.24) is 9.97 Å². The Morgan fingerprint density at radius 1 is 1.32 bits per heavy atom. The fourth-order valence-electron chi connectivity index (χ4n) is 1.93. The number of thioether (sulfide) groups is 1. The number of nitrogens with one attached hydrogen (secondary N) is 1. The van der Waals surface area contributed by atoms with Crippen molar-refractivity contribution in [3.05, 3.63) is 47.4 Å². The number of aromatic nitrogens is 2. The van der Waals surface area contributed by atoms with E-state index < -0.39 is 0 Å². The van der Waals surface area contributed by atoms with E-state index in [0.29, 0.717) is 5.82 Å². The van der Waals surface area contributed by atoms with Gasteiger partial charge in [-0.25, -0.2) is 9.97 Å². The van der Waals surface area contributed by atoms with Crippen molar-refractivity contribution in [3.63, 3.8) is 0 Å². The lowest BCUT2D eigenvalue weighted by molar-refractivity contribution is -0.115. The second-order valence-electron chi connectivity index (χ2n) is 4.10. The monoisotopic (exact) mass is 291 g/mol. The first-order chi connectivity index (χ1) is 9.24. The zero-order chi connectivity index (χ0) is 13.2. The lowest BCUT2D eigenvalue weighted by atomic mass is 10.1. The van der Waals surface area contributed by atoms with Gasteiger partial charge < -0.3 is 5.32 Å². The number of carbonyl (C=O) groups excluding carboxylic acids is 1. The van der Waals surface area contributed by atoms with Crippen molar-refractivity contribution < 1.29 is 4.79 Å². The zero-order valence-corrected chi connectivity index (χ0v) is 11.4. The minimum absolute atomic E-state index is 0.0939. The summed E-state index contributed by atoms with van der Waals surface area (Å²) in [4.78, 5) is 21.2. The summed E-state index contributed by atoms with van der Waals surface area (Å²) in [6.45, 7) is 0. The molecule has 0 fully saturated rings. The predicted octanol–water partition coefficient (Wildman–Crippen LogP) is 2.79. The highest BCUT2D eigenvalue weighted by Crippen LogP contribution is 2.37. The fourth-order valence-corrected chi connectivity index (χ4v) is 3.28. The lowest BCUT2D eigenvalue weighted by Crippen LogP contribution is -2.25. The van der Waals surface area contributed by atoms with Gasteiger partial charge in [-0.1, -0.05) is 29.8 Å². The first-order valence-electron chi connectivity index (χ1n) is 5.76. The molecule has 1 unspecified atom stereocenters. The van der Waals surface area contributed by atoms with Gasteiger partial charge in [0.05, 0.1) is 5.25 Å². The van der Waals surface area contributed by atoms with Gasteiger partial charge in [-0.3, -0.25) is 4.79 Å². The maximum absolute atomic E-state index is 12.2. The van der Waals surface area contributed by atoms with Crippen LogP contribution in [-0.4, -0.2) is 21.1 Å². The summed E-state index contributed by atoms with van der Waals surface area (Å²) in [5, 5.41) is 2.78. The second-order valence-corrected chi connectivity index (χ2v) is 5.71. The van der Waals surface area contributed by atoms with E-state index in [0.717, 1.165) is 11.3 Å². The number of benzene rings is 1. The summed E-state index contributed by atoms with van der Waals surface area (Å²) in [6.07, 6.45) is 3.71. The molecule has 1 aliphatic rings. The summed E-state index contributed by atoms with van der Waals surface area (Å²) in [5.41, 5.74) is 1.21. The molecule has 1 atom stereocenters. The van der Waals surface area contributed by atoms with Gasteiger partial charge in [-0.05, 0) is 18.1 Å². The van der Waals surface area contributed by atoms with Crippen molar-refractivity contribution in [2.75, 3.05) is 5.32 Å². The molecule has 1 aromatic heterocycles. The van der Waals surface area contributed by atoms with E-state index in [1.165, 1.54) is 18.0 Å². The van der Waals surface area contributed by atoms with Crippen molar-refractivity contribution in [3.8, 4) is 0 Å². The van der Waals surface area contributed by atoms with Gasteiger partial charge in [0.2, 0.25) is 5.91 Å². The Balaban J connectivity index is 1.72. The number of hydrogen-bond acceptors (Lipinski definition) is 4. The number of carbonyl (C=O) groups is 1. The molecule has 1 N–H and O–H groups in total. The van der Waals surface area contributed by atoms with Gasteiger partial charge in [0.15, 0.2) is 11.0 Å². The number of amides is 1. The average molecular weight is 292 g/mol. The number of fused-ring (bicyclic) bond motifs is 1. The van der Waals surface area contributed by atoms with Gasteiger partial charge in [-0.2, -0.15) is 0 Å². The van der Waals surface area contributed by atoms with Gasteiger partial charge >= 0.3 is 0 Å². The van der Waals surface area contributed by atoms with E-state index in [4.69, 9.17) is 11.6 Å². The van der Waals surface area contributed by atoms with Gasteiger partial charge in [0, 0.05) is 17.3 Å². The van der Waals surface area contributed by atoms with Crippen LogP contribution in [0.4, 0.5) is 5.82 Å². The number of nitrogens with zero attached hydrogens (tertiary/aromatic N) is 2. The molecule has 96 valence electrons.